The monoisotopic (exact) mass is 462 g/mol. The van der Waals surface area contributed by atoms with Gasteiger partial charge in [-0.15, -0.1) is 0 Å². The number of alkyl halides is 3. The fourth-order valence-electron chi connectivity index (χ4n) is 3.74. The van der Waals surface area contributed by atoms with Crippen LogP contribution in [0.1, 0.15) is 33.1 Å². The van der Waals surface area contributed by atoms with Crippen LogP contribution in [0.2, 0.25) is 5.02 Å². The number of nitrogens with one attached hydrogen (secondary N) is 1. The number of carbonyl (C=O) groups excluding carboxylic acids is 2. The molecule has 1 atom stereocenters. The first-order valence-corrected chi connectivity index (χ1v) is 9.85. The molecular formula is C23H15ClF4N2O2. The Labute approximate surface area is 185 Å². The summed E-state index contributed by atoms with van der Waals surface area (Å²) < 4.78 is 54.3. The van der Waals surface area contributed by atoms with Crippen molar-refractivity contribution in [1.29, 1.82) is 0 Å². The van der Waals surface area contributed by atoms with Gasteiger partial charge in [-0.25, -0.2) is 4.39 Å². The molecule has 9 heteroatoms. The van der Waals surface area contributed by atoms with Crippen LogP contribution >= 0.6 is 11.6 Å². The Morgan fingerprint density at radius 1 is 1.03 bits per heavy atom. The van der Waals surface area contributed by atoms with E-state index in [2.05, 4.69) is 5.32 Å². The molecule has 4 nitrogen and oxygen atoms in total. The average Bonchev–Trinajstić information content (AvgIpc) is 2.89. The molecule has 3 aromatic rings. The van der Waals surface area contributed by atoms with E-state index in [0.717, 1.165) is 17.0 Å². The van der Waals surface area contributed by atoms with Gasteiger partial charge in [0.1, 0.15) is 12.4 Å². The van der Waals surface area contributed by atoms with Crippen molar-refractivity contribution in [3.8, 4) is 0 Å². The second-order valence-electron chi connectivity index (χ2n) is 7.21. The molecule has 1 heterocycles. The number of fused-ring (bicyclic) bond motifs is 1. The molecule has 4 rings (SSSR count). The molecular weight excluding hydrogens is 448 g/mol. The second-order valence-corrected chi connectivity index (χ2v) is 7.65. The van der Waals surface area contributed by atoms with Crippen molar-refractivity contribution in [3.63, 3.8) is 0 Å². The van der Waals surface area contributed by atoms with Gasteiger partial charge in [0.2, 0.25) is 5.91 Å². The molecule has 0 aliphatic carbocycles. The summed E-state index contributed by atoms with van der Waals surface area (Å²) in [5, 5.41) is 2.96. The molecule has 0 fully saturated rings. The lowest BCUT2D eigenvalue weighted by Gasteiger charge is -2.31. The van der Waals surface area contributed by atoms with Crippen LogP contribution in [0.15, 0.2) is 66.7 Å². The Morgan fingerprint density at radius 3 is 2.41 bits per heavy atom. The quantitative estimate of drug-likeness (QED) is 0.498. The highest BCUT2D eigenvalue weighted by Crippen LogP contribution is 2.39. The molecule has 0 aromatic heterocycles. The molecule has 0 spiro atoms. The van der Waals surface area contributed by atoms with Crippen LogP contribution in [0.5, 0.6) is 0 Å². The molecule has 32 heavy (non-hydrogen) atoms. The molecule has 164 valence electrons. The summed E-state index contributed by atoms with van der Waals surface area (Å²) in [7, 11) is 0. The Morgan fingerprint density at radius 2 is 1.72 bits per heavy atom. The molecule has 1 aliphatic heterocycles. The predicted octanol–water partition coefficient (Wildman–Crippen LogP) is 5.68. The molecule has 3 aromatic carbocycles. The summed E-state index contributed by atoms with van der Waals surface area (Å²) in [6.45, 7) is -0.515. The van der Waals surface area contributed by atoms with Crippen molar-refractivity contribution in [2.75, 3.05) is 11.9 Å². The number of hydrogen-bond donors (Lipinski definition) is 1. The molecule has 0 bridgehead atoms. The first-order chi connectivity index (χ1) is 15.1. The van der Waals surface area contributed by atoms with Crippen LogP contribution in [-0.4, -0.2) is 23.3 Å². The van der Waals surface area contributed by atoms with E-state index in [1.54, 1.807) is 12.1 Å². The first-order valence-electron chi connectivity index (χ1n) is 9.47. The standard InChI is InChI=1S/C23H15ClF4N2O2/c24-14-7-10-19-17(11-14)21(13-5-8-15(25)9-6-13)30(12-20(31)29-19)22(32)16-3-1-2-4-18(16)23(26,27)28/h1-11,21H,12H2,(H,29,31)/t21-/m1/s1. The maximum Gasteiger partial charge on any atom is 0.417 e. The zero-order chi connectivity index (χ0) is 23.0. The third-order valence-electron chi connectivity index (χ3n) is 5.12. The summed E-state index contributed by atoms with van der Waals surface area (Å²) in [6, 6.07) is 13.2. The lowest BCUT2D eigenvalue weighted by atomic mass is 9.94. The Balaban J connectivity index is 1.92. The van der Waals surface area contributed by atoms with Gasteiger partial charge >= 0.3 is 6.18 Å². The van der Waals surface area contributed by atoms with Crippen molar-refractivity contribution in [1.82, 2.24) is 4.90 Å². The molecule has 0 unspecified atom stereocenters. The highest BCUT2D eigenvalue weighted by molar-refractivity contribution is 6.30. The lowest BCUT2D eigenvalue weighted by molar-refractivity contribution is -0.138. The molecule has 1 aliphatic rings. The largest absolute Gasteiger partial charge is 0.417 e. The smallest absolute Gasteiger partial charge is 0.324 e. The van der Waals surface area contributed by atoms with E-state index in [1.165, 1.54) is 42.5 Å². The molecule has 0 saturated heterocycles. The van der Waals surface area contributed by atoms with Gasteiger partial charge in [0, 0.05) is 16.3 Å². The lowest BCUT2D eigenvalue weighted by Crippen LogP contribution is -2.39. The minimum absolute atomic E-state index is 0.301. The van der Waals surface area contributed by atoms with Gasteiger partial charge in [-0.3, -0.25) is 9.59 Å². The van der Waals surface area contributed by atoms with Crippen LogP contribution in [0.4, 0.5) is 23.2 Å². The second kappa shape index (κ2) is 8.27. The van der Waals surface area contributed by atoms with Crippen molar-refractivity contribution >= 4 is 29.1 Å². The number of amides is 2. The van der Waals surface area contributed by atoms with Crippen molar-refractivity contribution < 1.29 is 27.2 Å². The fraction of sp³-hybridized carbons (Fsp3) is 0.130. The Hall–Kier alpha value is -3.39. The van der Waals surface area contributed by atoms with Gasteiger partial charge in [-0.05, 0) is 48.0 Å². The van der Waals surface area contributed by atoms with Gasteiger partial charge in [0.15, 0.2) is 0 Å². The van der Waals surface area contributed by atoms with E-state index in [1.807, 2.05) is 0 Å². The van der Waals surface area contributed by atoms with Gasteiger partial charge < -0.3 is 10.2 Å². The summed E-state index contributed by atoms with van der Waals surface area (Å²) in [5.74, 6) is -2.10. The molecule has 0 radical (unpaired) electrons. The Bertz CT molecular complexity index is 1200. The average molecular weight is 463 g/mol. The number of nitrogens with zero attached hydrogens (tertiary/aromatic N) is 1. The van der Waals surface area contributed by atoms with Crippen LogP contribution in [0, 0.1) is 5.82 Å². The minimum atomic E-state index is -4.77. The van der Waals surface area contributed by atoms with Gasteiger partial charge in [0.25, 0.3) is 5.91 Å². The SMILES string of the molecule is O=C1CN(C(=O)c2ccccc2C(F)(F)F)[C@H](c2ccc(F)cc2)c2cc(Cl)ccc2N1. The van der Waals surface area contributed by atoms with Crippen LogP contribution in [-0.2, 0) is 11.0 Å². The predicted molar refractivity (Wildman–Crippen MR) is 111 cm³/mol. The van der Waals surface area contributed by atoms with Crippen LogP contribution in [0.3, 0.4) is 0 Å². The third-order valence-corrected chi connectivity index (χ3v) is 5.35. The van der Waals surface area contributed by atoms with E-state index in [-0.39, 0.29) is 0 Å². The van der Waals surface area contributed by atoms with E-state index in [0.29, 0.717) is 21.8 Å². The number of anilines is 1. The summed E-state index contributed by atoms with van der Waals surface area (Å²) in [6.07, 6.45) is -4.77. The van der Waals surface area contributed by atoms with E-state index in [9.17, 15) is 27.2 Å². The fourth-order valence-corrected chi connectivity index (χ4v) is 3.92. The van der Waals surface area contributed by atoms with Crippen molar-refractivity contribution in [2.45, 2.75) is 12.2 Å². The summed E-state index contributed by atoms with van der Waals surface area (Å²) >= 11 is 6.15. The minimum Gasteiger partial charge on any atom is -0.324 e. The maximum absolute atomic E-state index is 13.6. The van der Waals surface area contributed by atoms with E-state index < -0.39 is 47.5 Å². The van der Waals surface area contributed by atoms with Gasteiger partial charge in [-0.1, -0.05) is 35.9 Å². The molecule has 1 N–H and O–H groups in total. The van der Waals surface area contributed by atoms with Crippen molar-refractivity contribution in [2.24, 2.45) is 0 Å². The Kier molecular flexibility index (Phi) is 5.64. The number of carbonyl (C=O) groups is 2. The zero-order valence-corrected chi connectivity index (χ0v) is 17.0. The summed E-state index contributed by atoms with van der Waals surface area (Å²) in [4.78, 5) is 27.1. The first kappa shape index (κ1) is 21.8. The molecule has 2 amide bonds. The third kappa shape index (κ3) is 4.18. The topological polar surface area (TPSA) is 49.4 Å². The van der Waals surface area contributed by atoms with Gasteiger partial charge in [-0.2, -0.15) is 13.2 Å². The van der Waals surface area contributed by atoms with E-state index >= 15 is 0 Å². The maximum atomic E-state index is 13.6. The van der Waals surface area contributed by atoms with Gasteiger partial charge in [0.05, 0.1) is 17.2 Å². The van der Waals surface area contributed by atoms with E-state index in [4.69, 9.17) is 11.6 Å². The number of hydrogen-bond acceptors (Lipinski definition) is 2. The number of benzene rings is 3. The number of halogens is 5. The summed E-state index contributed by atoms with van der Waals surface area (Å²) in [5.41, 5.74) is -0.547. The highest BCUT2D eigenvalue weighted by Gasteiger charge is 2.39. The molecule has 0 saturated carbocycles. The highest BCUT2D eigenvalue weighted by atomic mass is 35.5. The van der Waals surface area contributed by atoms with Crippen LogP contribution < -0.4 is 5.32 Å². The van der Waals surface area contributed by atoms with Crippen LogP contribution in [0.25, 0.3) is 0 Å². The normalized spacial score (nSPS) is 16.2. The zero-order valence-electron chi connectivity index (χ0n) is 16.3. The van der Waals surface area contributed by atoms with Crippen molar-refractivity contribution in [3.05, 3.63) is 99.8 Å². The number of rotatable bonds is 2.